The number of nitro benzene ring substituents is 1. The fraction of sp³-hybridized carbons (Fsp3) is 0.0769. The van der Waals surface area contributed by atoms with Crippen LogP contribution in [0.5, 0.6) is 0 Å². The van der Waals surface area contributed by atoms with Crippen LogP contribution < -0.4 is 5.32 Å². The molecule has 4 nitrogen and oxygen atoms in total. The highest BCUT2D eigenvalue weighted by atomic mass is 35.5. The summed E-state index contributed by atoms with van der Waals surface area (Å²) in [7, 11) is 0. The highest BCUT2D eigenvalue weighted by Gasteiger charge is 2.18. The van der Waals surface area contributed by atoms with Crippen molar-refractivity contribution in [1.29, 1.82) is 0 Å². The van der Waals surface area contributed by atoms with Gasteiger partial charge in [-0.1, -0.05) is 40.9 Å². The molecule has 0 aliphatic carbocycles. The molecule has 110 valence electrons. The Morgan fingerprint density at radius 3 is 2.48 bits per heavy atom. The Morgan fingerprint density at radius 1 is 1.14 bits per heavy atom. The summed E-state index contributed by atoms with van der Waals surface area (Å²) < 4.78 is 13.7. The highest BCUT2D eigenvalue weighted by Crippen LogP contribution is 2.33. The first-order valence-electron chi connectivity index (χ1n) is 5.71. The molecule has 0 bridgehead atoms. The molecule has 0 aromatic heterocycles. The topological polar surface area (TPSA) is 55.2 Å². The predicted molar refractivity (Wildman–Crippen MR) is 81.9 cm³/mol. The number of nitrogens with zero attached hydrogens (tertiary/aromatic N) is 1. The maximum atomic E-state index is 13.7. The van der Waals surface area contributed by atoms with E-state index in [-0.39, 0.29) is 22.9 Å². The van der Waals surface area contributed by atoms with Gasteiger partial charge in [0.05, 0.1) is 15.0 Å². The second-order valence-electron chi connectivity index (χ2n) is 4.07. The zero-order valence-electron chi connectivity index (χ0n) is 10.4. The quantitative estimate of drug-likeness (QED) is 0.462. The van der Waals surface area contributed by atoms with Gasteiger partial charge in [0.25, 0.3) is 5.69 Å². The van der Waals surface area contributed by atoms with Gasteiger partial charge in [0.2, 0.25) is 0 Å². The van der Waals surface area contributed by atoms with Crippen molar-refractivity contribution < 1.29 is 9.31 Å². The van der Waals surface area contributed by atoms with Gasteiger partial charge >= 0.3 is 0 Å². The van der Waals surface area contributed by atoms with Crippen LogP contribution in [-0.2, 0) is 6.54 Å². The average Bonchev–Trinajstić information content (AvgIpc) is 2.44. The van der Waals surface area contributed by atoms with Crippen molar-refractivity contribution >= 4 is 46.2 Å². The number of nitro groups is 1. The van der Waals surface area contributed by atoms with E-state index in [0.717, 1.165) is 6.07 Å². The highest BCUT2D eigenvalue weighted by molar-refractivity contribution is 6.44. The molecular weight excluding hydrogens is 342 g/mol. The second kappa shape index (κ2) is 6.47. The first kappa shape index (κ1) is 15.8. The number of halogens is 4. The lowest BCUT2D eigenvalue weighted by atomic mass is 10.2. The van der Waals surface area contributed by atoms with Crippen LogP contribution >= 0.6 is 34.8 Å². The van der Waals surface area contributed by atoms with E-state index in [1.54, 1.807) is 6.07 Å². The normalized spacial score (nSPS) is 10.5. The zero-order chi connectivity index (χ0) is 15.6. The second-order valence-corrected chi connectivity index (χ2v) is 5.26. The molecule has 0 aliphatic heterocycles. The fourth-order valence-corrected chi connectivity index (χ4v) is 2.43. The molecule has 2 aromatic carbocycles. The van der Waals surface area contributed by atoms with Crippen molar-refractivity contribution in [3.63, 3.8) is 0 Å². The molecule has 0 aliphatic rings. The van der Waals surface area contributed by atoms with Crippen molar-refractivity contribution in [3.8, 4) is 0 Å². The number of rotatable bonds is 4. The SMILES string of the molecule is O=[N+]([O-])c1cccc(F)c1NCc1c(Cl)ccc(Cl)c1Cl. The van der Waals surface area contributed by atoms with Gasteiger partial charge < -0.3 is 5.32 Å². The van der Waals surface area contributed by atoms with Gasteiger partial charge in [-0.25, -0.2) is 4.39 Å². The van der Waals surface area contributed by atoms with Crippen LogP contribution in [0, 0.1) is 15.9 Å². The summed E-state index contributed by atoms with van der Waals surface area (Å²) in [4.78, 5) is 10.2. The molecule has 0 spiro atoms. The summed E-state index contributed by atoms with van der Waals surface area (Å²) in [6, 6.07) is 6.66. The first-order valence-corrected chi connectivity index (χ1v) is 6.84. The van der Waals surface area contributed by atoms with Gasteiger partial charge in [0.15, 0.2) is 5.82 Å². The van der Waals surface area contributed by atoms with Crippen molar-refractivity contribution in [1.82, 2.24) is 0 Å². The zero-order valence-corrected chi connectivity index (χ0v) is 12.6. The van der Waals surface area contributed by atoms with Crippen LogP contribution in [0.15, 0.2) is 30.3 Å². The summed E-state index contributed by atoms with van der Waals surface area (Å²) in [6.07, 6.45) is 0. The number of hydrogen-bond donors (Lipinski definition) is 1. The summed E-state index contributed by atoms with van der Waals surface area (Å²) in [6.45, 7) is 0. The van der Waals surface area contributed by atoms with Crippen LogP contribution in [0.2, 0.25) is 15.1 Å². The first-order chi connectivity index (χ1) is 9.91. The number of para-hydroxylation sites is 1. The van der Waals surface area contributed by atoms with Gasteiger partial charge in [-0.15, -0.1) is 0 Å². The third-order valence-corrected chi connectivity index (χ3v) is 3.97. The Morgan fingerprint density at radius 2 is 1.81 bits per heavy atom. The van der Waals surface area contributed by atoms with Crippen molar-refractivity contribution in [2.75, 3.05) is 5.32 Å². The van der Waals surface area contributed by atoms with Gasteiger partial charge in [-0.2, -0.15) is 0 Å². The van der Waals surface area contributed by atoms with Gasteiger partial charge in [-0.05, 0) is 18.2 Å². The molecule has 0 unspecified atom stereocenters. The Labute approximate surface area is 134 Å². The Hall–Kier alpha value is -1.56. The minimum Gasteiger partial charge on any atom is -0.373 e. The number of anilines is 1. The maximum absolute atomic E-state index is 13.7. The summed E-state index contributed by atoms with van der Waals surface area (Å²) >= 11 is 17.9. The third-order valence-electron chi connectivity index (χ3n) is 2.77. The lowest BCUT2D eigenvalue weighted by molar-refractivity contribution is -0.384. The molecular formula is C13H8Cl3FN2O2. The molecule has 0 saturated carbocycles. The Balaban J connectivity index is 2.34. The van der Waals surface area contributed by atoms with Crippen LogP contribution in [0.25, 0.3) is 0 Å². The van der Waals surface area contributed by atoms with E-state index in [1.165, 1.54) is 18.2 Å². The van der Waals surface area contributed by atoms with Crippen molar-refractivity contribution in [3.05, 3.63) is 66.9 Å². The predicted octanol–water partition coefficient (Wildman–Crippen LogP) is 5.31. The Bertz CT molecular complexity index is 710. The van der Waals surface area contributed by atoms with Crippen LogP contribution in [0.1, 0.15) is 5.56 Å². The summed E-state index contributed by atoms with van der Waals surface area (Å²) in [5, 5.41) is 14.4. The Kier molecular flexibility index (Phi) is 4.88. The largest absolute Gasteiger partial charge is 0.373 e. The summed E-state index contributed by atoms with van der Waals surface area (Å²) in [5.41, 5.74) is -0.165. The molecule has 0 amide bonds. The lowest BCUT2D eigenvalue weighted by Gasteiger charge is -2.11. The lowest BCUT2D eigenvalue weighted by Crippen LogP contribution is -2.06. The molecule has 2 aromatic rings. The smallest absolute Gasteiger partial charge is 0.295 e. The van der Waals surface area contributed by atoms with Gasteiger partial charge in [0.1, 0.15) is 5.69 Å². The average molecular weight is 350 g/mol. The molecule has 0 atom stereocenters. The molecule has 21 heavy (non-hydrogen) atoms. The molecule has 0 heterocycles. The van der Waals surface area contributed by atoms with E-state index in [1.807, 2.05) is 0 Å². The molecule has 0 radical (unpaired) electrons. The molecule has 8 heteroatoms. The van der Waals surface area contributed by atoms with Crippen LogP contribution in [0.3, 0.4) is 0 Å². The number of benzene rings is 2. The minimum absolute atomic E-state index is 0. The minimum atomic E-state index is -0.738. The monoisotopic (exact) mass is 348 g/mol. The van der Waals surface area contributed by atoms with E-state index in [9.17, 15) is 14.5 Å². The van der Waals surface area contributed by atoms with Crippen molar-refractivity contribution in [2.45, 2.75) is 6.54 Å². The van der Waals surface area contributed by atoms with Crippen LogP contribution in [-0.4, -0.2) is 4.92 Å². The van der Waals surface area contributed by atoms with Gasteiger partial charge in [-0.3, -0.25) is 10.1 Å². The van der Waals surface area contributed by atoms with E-state index < -0.39 is 10.7 Å². The third kappa shape index (κ3) is 3.37. The van der Waals surface area contributed by atoms with E-state index in [0.29, 0.717) is 15.6 Å². The molecule has 1 N–H and O–H groups in total. The number of hydrogen-bond acceptors (Lipinski definition) is 3. The van der Waals surface area contributed by atoms with E-state index in [4.69, 9.17) is 34.8 Å². The fourth-order valence-electron chi connectivity index (χ4n) is 1.75. The molecule has 0 fully saturated rings. The van der Waals surface area contributed by atoms with Crippen molar-refractivity contribution in [2.24, 2.45) is 0 Å². The van der Waals surface area contributed by atoms with E-state index in [2.05, 4.69) is 5.32 Å². The standard InChI is InChI=1S/C13H8Cl3FN2O2/c14-8-4-5-9(15)12(16)7(8)6-18-13-10(17)2-1-3-11(13)19(20)21/h1-5,18H,6H2. The van der Waals surface area contributed by atoms with E-state index >= 15 is 0 Å². The van der Waals surface area contributed by atoms with Gasteiger partial charge in [0, 0.05) is 23.2 Å². The maximum Gasteiger partial charge on any atom is 0.295 e. The molecule has 0 saturated heterocycles. The van der Waals surface area contributed by atoms with Crippen LogP contribution in [0.4, 0.5) is 15.8 Å². The summed E-state index contributed by atoms with van der Waals surface area (Å²) in [5.74, 6) is -0.738. The number of nitrogens with one attached hydrogen (secondary N) is 1. The molecule has 2 rings (SSSR count).